The molecule has 0 amide bonds. The summed E-state index contributed by atoms with van der Waals surface area (Å²) in [7, 11) is 0. The van der Waals surface area contributed by atoms with Gasteiger partial charge in [-0.2, -0.15) is 0 Å². The topological polar surface area (TPSA) is 44.9 Å². The number of hydrogen-bond donors (Lipinski definition) is 2. The molecule has 2 N–H and O–H groups in total. The zero-order valence-electron chi connectivity index (χ0n) is 12.2. The second kappa shape index (κ2) is 5.44. The summed E-state index contributed by atoms with van der Waals surface area (Å²) in [6.45, 7) is 4.62. The molecule has 0 saturated carbocycles. The van der Waals surface area contributed by atoms with Crippen molar-refractivity contribution in [3.05, 3.63) is 75.6 Å². The van der Waals surface area contributed by atoms with Crippen molar-refractivity contribution in [3.63, 3.8) is 0 Å². The van der Waals surface area contributed by atoms with Crippen LogP contribution in [0.5, 0.6) is 0 Å². The highest BCUT2D eigenvalue weighted by Gasteiger charge is 2.03. The Balaban J connectivity index is 1.87. The first-order chi connectivity index (χ1) is 10.1. The predicted octanol–water partition coefficient (Wildman–Crippen LogP) is 3.76. The summed E-state index contributed by atoms with van der Waals surface area (Å²) >= 11 is 0. The number of nitrogens with one attached hydrogen (secondary N) is 2. The lowest BCUT2D eigenvalue weighted by molar-refractivity contribution is 1.09. The van der Waals surface area contributed by atoms with Crippen LogP contribution in [0.2, 0.25) is 0 Å². The Morgan fingerprint density at radius 3 is 2.43 bits per heavy atom. The van der Waals surface area contributed by atoms with E-state index in [2.05, 4.69) is 42.3 Å². The molecule has 0 radical (unpaired) electrons. The summed E-state index contributed by atoms with van der Waals surface area (Å²) in [4.78, 5) is 15.0. The van der Waals surface area contributed by atoms with E-state index in [1.807, 2.05) is 30.3 Å². The van der Waals surface area contributed by atoms with Crippen molar-refractivity contribution >= 4 is 16.6 Å². The lowest BCUT2D eigenvalue weighted by Crippen LogP contribution is -2.15. The number of aromatic nitrogens is 1. The second-order valence-corrected chi connectivity index (χ2v) is 5.43. The van der Waals surface area contributed by atoms with Gasteiger partial charge >= 0.3 is 0 Å². The van der Waals surface area contributed by atoms with Crippen LogP contribution in [0.15, 0.2) is 53.3 Å². The van der Waals surface area contributed by atoms with E-state index in [-0.39, 0.29) is 5.56 Å². The number of fused-ring (bicyclic) bond motifs is 1. The van der Waals surface area contributed by atoms with Gasteiger partial charge in [0.25, 0.3) is 5.56 Å². The van der Waals surface area contributed by atoms with Crippen LogP contribution in [0.25, 0.3) is 10.9 Å². The molecule has 0 fully saturated rings. The number of pyridine rings is 1. The van der Waals surface area contributed by atoms with Crippen LogP contribution in [-0.2, 0) is 6.54 Å². The zero-order valence-corrected chi connectivity index (χ0v) is 12.2. The smallest absolute Gasteiger partial charge is 0.253 e. The van der Waals surface area contributed by atoms with E-state index in [4.69, 9.17) is 0 Å². The Bertz CT molecular complexity index is 832. The number of benzene rings is 2. The first kappa shape index (κ1) is 13.4. The van der Waals surface area contributed by atoms with Crippen molar-refractivity contribution in [1.82, 2.24) is 4.98 Å². The number of H-pyrrole nitrogens is 1. The largest absolute Gasteiger partial charge is 0.381 e. The molecule has 0 bridgehead atoms. The lowest BCUT2D eigenvalue weighted by Gasteiger charge is -2.08. The normalized spacial score (nSPS) is 10.8. The SMILES string of the molecule is Cc1ccc(NCc2cc3cc(C)ccc3[nH]c2=O)cc1. The van der Waals surface area contributed by atoms with Gasteiger partial charge in [0, 0.05) is 23.3 Å². The van der Waals surface area contributed by atoms with E-state index in [0.29, 0.717) is 6.54 Å². The van der Waals surface area contributed by atoms with Gasteiger partial charge in [0.15, 0.2) is 0 Å². The number of anilines is 1. The molecule has 3 nitrogen and oxygen atoms in total. The average molecular weight is 278 g/mol. The molecule has 1 aromatic heterocycles. The molecule has 2 aromatic carbocycles. The van der Waals surface area contributed by atoms with Crippen LogP contribution in [0.4, 0.5) is 5.69 Å². The van der Waals surface area contributed by atoms with E-state index in [1.165, 1.54) is 11.1 Å². The minimum Gasteiger partial charge on any atom is -0.381 e. The minimum atomic E-state index is -0.0361. The lowest BCUT2D eigenvalue weighted by atomic mass is 10.1. The van der Waals surface area contributed by atoms with Gasteiger partial charge in [-0.25, -0.2) is 0 Å². The molecule has 0 aliphatic rings. The van der Waals surface area contributed by atoms with Gasteiger partial charge in [-0.05, 0) is 49.6 Å². The standard InChI is InChI=1S/C18H18N2O/c1-12-3-6-16(7-4-12)19-11-15-10-14-9-13(2)5-8-17(14)20-18(15)21/h3-10,19H,11H2,1-2H3,(H,20,21). The van der Waals surface area contributed by atoms with Crippen molar-refractivity contribution in [2.75, 3.05) is 5.32 Å². The fourth-order valence-corrected chi connectivity index (χ4v) is 2.37. The third-order valence-electron chi connectivity index (χ3n) is 3.61. The molecule has 3 aromatic rings. The fraction of sp³-hybridized carbons (Fsp3) is 0.167. The molecule has 0 aliphatic heterocycles. The maximum absolute atomic E-state index is 12.1. The molecule has 0 aliphatic carbocycles. The second-order valence-electron chi connectivity index (χ2n) is 5.43. The van der Waals surface area contributed by atoms with E-state index in [1.54, 1.807) is 0 Å². The Morgan fingerprint density at radius 2 is 1.67 bits per heavy atom. The van der Waals surface area contributed by atoms with Crippen molar-refractivity contribution < 1.29 is 0 Å². The highest BCUT2D eigenvalue weighted by Crippen LogP contribution is 2.14. The van der Waals surface area contributed by atoms with E-state index in [0.717, 1.165) is 22.2 Å². The number of hydrogen-bond acceptors (Lipinski definition) is 2. The van der Waals surface area contributed by atoms with Gasteiger partial charge < -0.3 is 10.3 Å². The first-order valence-electron chi connectivity index (χ1n) is 7.05. The van der Waals surface area contributed by atoms with E-state index >= 15 is 0 Å². The molecular weight excluding hydrogens is 260 g/mol. The molecule has 1 heterocycles. The van der Waals surface area contributed by atoms with Crippen LogP contribution in [0, 0.1) is 13.8 Å². The van der Waals surface area contributed by atoms with Crippen LogP contribution in [0.1, 0.15) is 16.7 Å². The minimum absolute atomic E-state index is 0.0361. The van der Waals surface area contributed by atoms with Crippen LogP contribution in [0.3, 0.4) is 0 Å². The third-order valence-corrected chi connectivity index (χ3v) is 3.61. The molecule has 106 valence electrons. The Hall–Kier alpha value is -2.55. The van der Waals surface area contributed by atoms with Gasteiger partial charge in [-0.15, -0.1) is 0 Å². The molecule has 3 rings (SSSR count). The van der Waals surface area contributed by atoms with Crippen LogP contribution >= 0.6 is 0 Å². The Kier molecular flexibility index (Phi) is 3.48. The van der Waals surface area contributed by atoms with E-state index < -0.39 is 0 Å². The summed E-state index contributed by atoms with van der Waals surface area (Å²) in [5.41, 5.74) is 5.01. The summed E-state index contributed by atoms with van der Waals surface area (Å²) in [5.74, 6) is 0. The Labute approximate surface area is 123 Å². The van der Waals surface area contributed by atoms with Gasteiger partial charge in [0.05, 0.1) is 0 Å². The maximum atomic E-state index is 12.1. The number of aryl methyl sites for hydroxylation is 2. The molecule has 0 spiro atoms. The summed E-state index contributed by atoms with van der Waals surface area (Å²) in [6.07, 6.45) is 0. The summed E-state index contributed by atoms with van der Waals surface area (Å²) < 4.78 is 0. The Morgan fingerprint density at radius 1 is 0.952 bits per heavy atom. The maximum Gasteiger partial charge on any atom is 0.253 e. The monoisotopic (exact) mass is 278 g/mol. The molecule has 21 heavy (non-hydrogen) atoms. The van der Waals surface area contributed by atoms with Crippen molar-refractivity contribution in [2.24, 2.45) is 0 Å². The molecular formula is C18H18N2O. The van der Waals surface area contributed by atoms with Gasteiger partial charge in [0.1, 0.15) is 0 Å². The molecule has 0 unspecified atom stereocenters. The quantitative estimate of drug-likeness (QED) is 0.766. The highest BCUT2D eigenvalue weighted by atomic mass is 16.1. The predicted molar refractivity (Wildman–Crippen MR) is 87.8 cm³/mol. The van der Waals surface area contributed by atoms with Crippen LogP contribution < -0.4 is 10.9 Å². The third kappa shape index (κ3) is 2.97. The number of aromatic amines is 1. The van der Waals surface area contributed by atoms with Crippen LogP contribution in [-0.4, -0.2) is 4.98 Å². The molecule has 3 heteroatoms. The first-order valence-corrected chi connectivity index (χ1v) is 7.05. The van der Waals surface area contributed by atoms with Crippen molar-refractivity contribution in [3.8, 4) is 0 Å². The summed E-state index contributed by atoms with van der Waals surface area (Å²) in [6, 6.07) is 16.1. The average Bonchev–Trinajstić information content (AvgIpc) is 2.47. The van der Waals surface area contributed by atoms with Crippen molar-refractivity contribution in [1.29, 1.82) is 0 Å². The highest BCUT2D eigenvalue weighted by molar-refractivity contribution is 5.79. The number of rotatable bonds is 3. The van der Waals surface area contributed by atoms with E-state index in [9.17, 15) is 4.79 Å². The fourth-order valence-electron chi connectivity index (χ4n) is 2.37. The van der Waals surface area contributed by atoms with Gasteiger partial charge in [0.2, 0.25) is 0 Å². The zero-order chi connectivity index (χ0) is 14.8. The molecule has 0 atom stereocenters. The summed E-state index contributed by atoms with van der Waals surface area (Å²) in [5, 5.41) is 4.35. The van der Waals surface area contributed by atoms with Gasteiger partial charge in [-0.3, -0.25) is 4.79 Å². The van der Waals surface area contributed by atoms with Crippen molar-refractivity contribution in [2.45, 2.75) is 20.4 Å². The van der Waals surface area contributed by atoms with Gasteiger partial charge in [-0.1, -0.05) is 29.3 Å². The molecule has 0 saturated heterocycles.